The van der Waals surface area contributed by atoms with Gasteiger partial charge in [0, 0.05) is 38.8 Å². The lowest BCUT2D eigenvalue weighted by molar-refractivity contribution is 1.22. The molecule has 8 aromatic carbocycles. The second kappa shape index (κ2) is 12.1. The number of hydrogen-bond acceptors (Lipinski definition) is 2. The zero-order valence-electron chi connectivity index (χ0n) is 27.9. The largest absolute Gasteiger partial charge is 0.310 e. The van der Waals surface area contributed by atoms with Gasteiger partial charge in [0.05, 0.1) is 5.69 Å². The third kappa shape index (κ3) is 5.11. The van der Waals surface area contributed by atoms with Crippen LogP contribution in [0.4, 0.5) is 34.1 Å². The van der Waals surface area contributed by atoms with E-state index < -0.39 is 0 Å². The van der Waals surface area contributed by atoms with Gasteiger partial charge in [0.1, 0.15) is 0 Å². The molecule has 0 fully saturated rings. The Labute approximate surface area is 303 Å². The fraction of sp³-hybridized carbons (Fsp3) is 0.0417. The van der Waals surface area contributed by atoms with Gasteiger partial charge in [-0.15, -0.1) is 0 Å². The normalized spacial score (nSPS) is 12.3. The van der Waals surface area contributed by atoms with Crippen LogP contribution in [0.2, 0.25) is 5.02 Å². The predicted octanol–water partition coefficient (Wildman–Crippen LogP) is 13.6. The van der Waals surface area contributed by atoms with Gasteiger partial charge >= 0.3 is 0 Å². The van der Waals surface area contributed by atoms with Gasteiger partial charge in [0.25, 0.3) is 0 Å². The van der Waals surface area contributed by atoms with Crippen LogP contribution in [-0.2, 0) is 12.8 Å². The highest BCUT2D eigenvalue weighted by atomic mass is 35.5. The molecular formula is C48H33ClN2. The van der Waals surface area contributed by atoms with Crippen LogP contribution in [0.15, 0.2) is 176 Å². The molecular weight excluding hydrogens is 640 g/mol. The molecule has 0 saturated carbocycles. The van der Waals surface area contributed by atoms with Crippen LogP contribution in [0.3, 0.4) is 0 Å². The number of halogens is 1. The zero-order chi connectivity index (χ0) is 33.9. The van der Waals surface area contributed by atoms with E-state index in [1.807, 2.05) is 12.1 Å². The molecule has 0 atom stereocenters. The lowest BCUT2D eigenvalue weighted by Crippen LogP contribution is -2.13. The summed E-state index contributed by atoms with van der Waals surface area (Å²) >= 11 is 6.39. The fourth-order valence-corrected chi connectivity index (χ4v) is 8.29. The molecule has 0 aliphatic heterocycles. The highest BCUT2D eigenvalue weighted by Crippen LogP contribution is 2.46. The molecule has 0 spiro atoms. The van der Waals surface area contributed by atoms with E-state index in [0.717, 1.165) is 52.0 Å². The molecule has 8 aromatic rings. The predicted molar refractivity (Wildman–Crippen MR) is 215 cm³/mol. The fourth-order valence-electron chi connectivity index (χ4n) is 8.16. The van der Waals surface area contributed by atoms with Crippen LogP contribution in [0.1, 0.15) is 22.3 Å². The summed E-state index contributed by atoms with van der Waals surface area (Å²) in [7, 11) is 0. The van der Waals surface area contributed by atoms with Crippen molar-refractivity contribution in [2.45, 2.75) is 12.8 Å². The highest BCUT2D eigenvalue weighted by molar-refractivity contribution is 6.30. The summed E-state index contributed by atoms with van der Waals surface area (Å²) in [6.07, 6.45) is 1.89. The Balaban J connectivity index is 1.09. The van der Waals surface area contributed by atoms with Gasteiger partial charge in [-0.05, 0) is 142 Å². The molecule has 2 nitrogen and oxygen atoms in total. The minimum absolute atomic E-state index is 0.724. The van der Waals surface area contributed by atoms with Gasteiger partial charge < -0.3 is 9.80 Å². The molecule has 0 heterocycles. The van der Waals surface area contributed by atoms with E-state index in [0.29, 0.717) is 0 Å². The molecule has 3 heteroatoms. The Hall–Kier alpha value is -6.09. The van der Waals surface area contributed by atoms with Crippen LogP contribution in [0.5, 0.6) is 0 Å². The summed E-state index contributed by atoms with van der Waals surface area (Å²) in [5.74, 6) is 0. The number of hydrogen-bond donors (Lipinski definition) is 0. The highest BCUT2D eigenvalue weighted by Gasteiger charge is 2.24. The lowest BCUT2D eigenvalue weighted by Gasteiger charge is -2.29. The van der Waals surface area contributed by atoms with Crippen molar-refractivity contribution in [2.75, 3.05) is 9.80 Å². The molecule has 0 saturated heterocycles. The Morgan fingerprint density at radius 3 is 1.43 bits per heavy atom. The van der Waals surface area contributed by atoms with Crippen molar-refractivity contribution in [3.8, 4) is 22.3 Å². The number of fused-ring (bicyclic) bond motifs is 7. The number of anilines is 6. The van der Waals surface area contributed by atoms with Crippen LogP contribution >= 0.6 is 11.6 Å². The average Bonchev–Trinajstić information content (AvgIpc) is 3.74. The summed E-state index contributed by atoms with van der Waals surface area (Å²) < 4.78 is 0. The van der Waals surface area contributed by atoms with Gasteiger partial charge in [0.15, 0.2) is 0 Å². The first-order valence-corrected chi connectivity index (χ1v) is 17.9. The molecule has 242 valence electrons. The van der Waals surface area contributed by atoms with E-state index in [2.05, 4.69) is 174 Å². The summed E-state index contributed by atoms with van der Waals surface area (Å²) in [6, 6.07) is 63.7. The first-order valence-electron chi connectivity index (χ1n) is 17.5. The molecule has 0 aromatic heterocycles. The molecule has 0 amide bonds. The molecule has 10 rings (SSSR count). The van der Waals surface area contributed by atoms with Gasteiger partial charge in [-0.25, -0.2) is 0 Å². The number of nitrogens with zero attached hydrogens (tertiary/aromatic N) is 2. The van der Waals surface area contributed by atoms with Crippen LogP contribution in [0.25, 0.3) is 33.0 Å². The summed E-state index contributed by atoms with van der Waals surface area (Å²) in [6.45, 7) is 0. The van der Waals surface area contributed by atoms with Gasteiger partial charge in [-0.3, -0.25) is 0 Å². The smallest absolute Gasteiger partial charge is 0.0540 e. The van der Waals surface area contributed by atoms with Crippen molar-refractivity contribution < 1.29 is 0 Å². The van der Waals surface area contributed by atoms with Crippen molar-refractivity contribution in [3.05, 3.63) is 203 Å². The molecule has 0 N–H and O–H groups in total. The maximum atomic E-state index is 6.39. The number of rotatable bonds is 6. The van der Waals surface area contributed by atoms with Crippen LogP contribution in [0, 0.1) is 0 Å². The maximum absolute atomic E-state index is 6.39. The van der Waals surface area contributed by atoms with E-state index in [1.165, 1.54) is 55.3 Å². The molecule has 51 heavy (non-hydrogen) atoms. The minimum Gasteiger partial charge on any atom is -0.310 e. The van der Waals surface area contributed by atoms with Crippen molar-refractivity contribution >= 4 is 56.5 Å². The maximum Gasteiger partial charge on any atom is 0.0540 e. The minimum atomic E-state index is 0.724. The Morgan fingerprint density at radius 1 is 0.353 bits per heavy atom. The topological polar surface area (TPSA) is 6.48 Å². The van der Waals surface area contributed by atoms with Crippen molar-refractivity contribution in [1.29, 1.82) is 0 Å². The lowest BCUT2D eigenvalue weighted by atomic mass is 10.0. The van der Waals surface area contributed by atoms with E-state index in [1.54, 1.807) is 0 Å². The quantitative estimate of drug-likeness (QED) is 0.173. The molecule has 2 aliphatic carbocycles. The van der Waals surface area contributed by atoms with E-state index >= 15 is 0 Å². The summed E-state index contributed by atoms with van der Waals surface area (Å²) in [5.41, 5.74) is 17.5. The first kappa shape index (κ1) is 29.8. The Bertz CT molecular complexity index is 2600. The van der Waals surface area contributed by atoms with Crippen molar-refractivity contribution in [2.24, 2.45) is 0 Å². The summed E-state index contributed by atoms with van der Waals surface area (Å²) in [4.78, 5) is 4.74. The zero-order valence-corrected chi connectivity index (χ0v) is 28.7. The average molecular weight is 673 g/mol. The van der Waals surface area contributed by atoms with E-state index in [9.17, 15) is 0 Å². The van der Waals surface area contributed by atoms with Gasteiger partial charge in [-0.1, -0.05) is 109 Å². The Morgan fingerprint density at radius 2 is 0.804 bits per heavy atom. The molecule has 0 bridgehead atoms. The SMILES string of the molecule is Clc1ccc(N(c2ccc(N(c3ccc4c(c3)Cc3ccccc3-4)c3cccc4ccccc34)cc2)c2ccc3c(c2)Cc2ccccc2-3)cc1. The summed E-state index contributed by atoms with van der Waals surface area (Å²) in [5, 5.41) is 3.16. The van der Waals surface area contributed by atoms with Crippen molar-refractivity contribution in [3.63, 3.8) is 0 Å². The monoisotopic (exact) mass is 672 g/mol. The van der Waals surface area contributed by atoms with Crippen LogP contribution < -0.4 is 9.80 Å². The van der Waals surface area contributed by atoms with Gasteiger partial charge in [-0.2, -0.15) is 0 Å². The Kier molecular flexibility index (Phi) is 7.04. The van der Waals surface area contributed by atoms with E-state index in [-0.39, 0.29) is 0 Å². The van der Waals surface area contributed by atoms with Crippen molar-refractivity contribution in [1.82, 2.24) is 0 Å². The third-order valence-electron chi connectivity index (χ3n) is 10.5. The second-order valence-corrected chi connectivity index (χ2v) is 13.9. The standard InChI is InChI=1S/C48H33ClN2/c49-37-16-18-38(19-17-37)50(41-24-26-45-35(30-41)28-33-9-2-4-12-43(33)45)39-20-22-40(23-21-39)51(48-15-7-11-32-8-1-6-14-47(32)48)42-25-27-46-36(31-42)29-34-10-3-5-13-44(34)46/h1-27,30-31H,28-29H2. The molecule has 2 aliphatic rings. The first-order chi connectivity index (χ1) is 25.2. The number of benzene rings is 8. The van der Waals surface area contributed by atoms with Crippen LogP contribution in [-0.4, -0.2) is 0 Å². The molecule has 0 unspecified atom stereocenters. The third-order valence-corrected chi connectivity index (χ3v) is 10.8. The second-order valence-electron chi connectivity index (χ2n) is 13.5. The van der Waals surface area contributed by atoms with Gasteiger partial charge in [0.2, 0.25) is 0 Å². The molecule has 0 radical (unpaired) electrons. The van der Waals surface area contributed by atoms with E-state index in [4.69, 9.17) is 11.6 Å².